The summed E-state index contributed by atoms with van der Waals surface area (Å²) >= 11 is 0. The van der Waals surface area contributed by atoms with Crippen LogP contribution in [-0.4, -0.2) is 24.0 Å². The summed E-state index contributed by atoms with van der Waals surface area (Å²) < 4.78 is 0. The Bertz CT molecular complexity index is 322. The van der Waals surface area contributed by atoms with Crippen LogP contribution in [0.1, 0.15) is 19.8 Å². The maximum Gasteiger partial charge on any atom is 0.243 e. The number of amides is 1. The van der Waals surface area contributed by atoms with Gasteiger partial charge in [-0.2, -0.15) is 0 Å². The molecular weight excluding hydrogens is 261 g/mol. The van der Waals surface area contributed by atoms with E-state index in [1.165, 1.54) is 0 Å². The Morgan fingerprint density at radius 3 is 2.65 bits per heavy atom. The highest BCUT2D eigenvalue weighted by Crippen LogP contribution is 2.11. The van der Waals surface area contributed by atoms with Crippen molar-refractivity contribution in [1.82, 2.24) is 4.98 Å². The Balaban J connectivity index is 0. The zero-order valence-electron chi connectivity index (χ0n) is 10.00. The minimum absolute atomic E-state index is 0. The van der Waals surface area contributed by atoms with E-state index in [2.05, 4.69) is 4.98 Å². The first-order valence-corrected chi connectivity index (χ1v) is 5.10. The molecule has 0 bridgehead atoms. The van der Waals surface area contributed by atoms with E-state index in [0.717, 1.165) is 12.1 Å². The number of hydrogen-bond acceptors (Lipinski definition) is 3. The van der Waals surface area contributed by atoms with Gasteiger partial charge >= 0.3 is 0 Å². The predicted molar refractivity (Wildman–Crippen MR) is 75.0 cm³/mol. The summed E-state index contributed by atoms with van der Waals surface area (Å²) in [5.41, 5.74) is 6.53. The SMILES string of the molecule is CCCC(N)C(=O)N(C)c1cccnc1.Cl.Cl. The van der Waals surface area contributed by atoms with Crippen LogP contribution in [0.5, 0.6) is 0 Å². The van der Waals surface area contributed by atoms with E-state index < -0.39 is 6.04 Å². The molecule has 0 fully saturated rings. The summed E-state index contributed by atoms with van der Waals surface area (Å²) in [6, 6.07) is 3.22. The number of nitrogens with zero attached hydrogens (tertiary/aromatic N) is 2. The molecule has 1 amide bonds. The molecule has 1 heterocycles. The minimum Gasteiger partial charge on any atom is -0.320 e. The molecule has 4 nitrogen and oxygen atoms in total. The molecule has 17 heavy (non-hydrogen) atoms. The Labute approximate surface area is 114 Å². The van der Waals surface area contributed by atoms with Crippen molar-refractivity contribution in [3.63, 3.8) is 0 Å². The van der Waals surface area contributed by atoms with Gasteiger partial charge in [0, 0.05) is 13.2 Å². The Morgan fingerprint density at radius 1 is 1.53 bits per heavy atom. The van der Waals surface area contributed by atoms with Gasteiger partial charge in [-0.3, -0.25) is 9.78 Å². The van der Waals surface area contributed by atoms with E-state index in [1.54, 1.807) is 30.4 Å². The van der Waals surface area contributed by atoms with E-state index >= 15 is 0 Å². The normalized spacial score (nSPS) is 10.8. The number of halogens is 2. The molecule has 1 aromatic rings. The van der Waals surface area contributed by atoms with Gasteiger partial charge in [0.15, 0.2) is 0 Å². The Hall–Kier alpha value is -0.840. The van der Waals surface area contributed by atoms with Gasteiger partial charge in [0.2, 0.25) is 5.91 Å². The van der Waals surface area contributed by atoms with Crippen LogP contribution in [0.4, 0.5) is 5.69 Å². The first-order chi connectivity index (χ1) is 7.16. The fourth-order valence-electron chi connectivity index (χ4n) is 1.36. The molecule has 0 aliphatic carbocycles. The second-order valence-corrected chi connectivity index (χ2v) is 3.50. The fourth-order valence-corrected chi connectivity index (χ4v) is 1.36. The summed E-state index contributed by atoms with van der Waals surface area (Å²) in [5, 5.41) is 0. The molecule has 0 saturated heterocycles. The lowest BCUT2D eigenvalue weighted by Gasteiger charge is -2.20. The molecule has 1 aromatic heterocycles. The Morgan fingerprint density at radius 2 is 2.18 bits per heavy atom. The topological polar surface area (TPSA) is 59.2 Å². The van der Waals surface area contributed by atoms with Crippen LogP contribution in [0, 0.1) is 0 Å². The van der Waals surface area contributed by atoms with Crippen molar-refractivity contribution in [3.8, 4) is 0 Å². The Kier molecular flexibility index (Phi) is 10.0. The molecule has 0 aromatic carbocycles. The van der Waals surface area contributed by atoms with Crippen molar-refractivity contribution in [2.75, 3.05) is 11.9 Å². The van der Waals surface area contributed by atoms with E-state index in [0.29, 0.717) is 6.42 Å². The summed E-state index contributed by atoms with van der Waals surface area (Å²) in [5.74, 6) is -0.0650. The van der Waals surface area contributed by atoms with Crippen LogP contribution >= 0.6 is 24.8 Å². The summed E-state index contributed by atoms with van der Waals surface area (Å²) in [7, 11) is 1.72. The summed E-state index contributed by atoms with van der Waals surface area (Å²) in [6.45, 7) is 2.01. The third-order valence-electron chi connectivity index (χ3n) is 2.28. The van der Waals surface area contributed by atoms with Crippen molar-refractivity contribution >= 4 is 36.4 Å². The molecule has 6 heteroatoms. The van der Waals surface area contributed by atoms with Crippen molar-refractivity contribution in [3.05, 3.63) is 24.5 Å². The third kappa shape index (κ3) is 5.35. The monoisotopic (exact) mass is 279 g/mol. The standard InChI is InChI=1S/C11H17N3O.2ClH/c1-3-5-10(12)11(15)14(2)9-6-4-7-13-8-9;;/h4,6-8,10H,3,5,12H2,1-2H3;2*1H. The maximum absolute atomic E-state index is 11.8. The van der Waals surface area contributed by atoms with E-state index in [4.69, 9.17) is 5.73 Å². The molecular formula is C11H19Cl2N3O. The maximum atomic E-state index is 11.8. The van der Waals surface area contributed by atoms with E-state index in [-0.39, 0.29) is 30.7 Å². The molecule has 0 saturated carbocycles. The zero-order chi connectivity index (χ0) is 11.3. The second kappa shape index (κ2) is 9.22. The van der Waals surface area contributed by atoms with Crippen LogP contribution < -0.4 is 10.6 Å². The van der Waals surface area contributed by atoms with Crippen LogP contribution in [0.2, 0.25) is 0 Å². The first kappa shape index (κ1) is 18.5. The number of carbonyl (C=O) groups is 1. The average Bonchev–Trinajstić information content (AvgIpc) is 2.28. The van der Waals surface area contributed by atoms with Gasteiger partial charge in [0.05, 0.1) is 17.9 Å². The lowest BCUT2D eigenvalue weighted by molar-refractivity contribution is -0.119. The van der Waals surface area contributed by atoms with Gasteiger partial charge in [-0.1, -0.05) is 13.3 Å². The highest BCUT2D eigenvalue weighted by atomic mass is 35.5. The lowest BCUT2D eigenvalue weighted by atomic mass is 10.1. The first-order valence-electron chi connectivity index (χ1n) is 5.10. The molecule has 0 aliphatic rings. The molecule has 2 N–H and O–H groups in total. The van der Waals surface area contributed by atoms with Crippen molar-refractivity contribution < 1.29 is 4.79 Å². The zero-order valence-corrected chi connectivity index (χ0v) is 11.6. The van der Waals surface area contributed by atoms with Gasteiger partial charge < -0.3 is 10.6 Å². The highest BCUT2D eigenvalue weighted by Gasteiger charge is 2.17. The number of likely N-dealkylation sites (N-methyl/N-ethyl adjacent to an activating group) is 1. The number of rotatable bonds is 4. The van der Waals surface area contributed by atoms with Gasteiger partial charge in [0.1, 0.15) is 0 Å². The average molecular weight is 280 g/mol. The van der Waals surface area contributed by atoms with Crippen LogP contribution in [-0.2, 0) is 4.79 Å². The van der Waals surface area contributed by atoms with Crippen LogP contribution in [0.15, 0.2) is 24.5 Å². The smallest absolute Gasteiger partial charge is 0.243 e. The number of aromatic nitrogens is 1. The third-order valence-corrected chi connectivity index (χ3v) is 2.28. The molecule has 1 rings (SSSR count). The number of nitrogens with two attached hydrogens (primary N) is 1. The fraction of sp³-hybridized carbons (Fsp3) is 0.455. The van der Waals surface area contributed by atoms with Gasteiger partial charge in [-0.25, -0.2) is 0 Å². The van der Waals surface area contributed by atoms with Gasteiger partial charge in [0.25, 0.3) is 0 Å². The summed E-state index contributed by atoms with van der Waals surface area (Å²) in [6.07, 6.45) is 4.95. The van der Waals surface area contributed by atoms with Gasteiger partial charge in [-0.05, 0) is 18.6 Å². The quantitative estimate of drug-likeness (QED) is 0.917. The number of anilines is 1. The van der Waals surface area contributed by atoms with Gasteiger partial charge in [-0.15, -0.1) is 24.8 Å². The molecule has 0 radical (unpaired) electrons. The highest BCUT2D eigenvalue weighted by molar-refractivity contribution is 5.96. The lowest BCUT2D eigenvalue weighted by Crippen LogP contribution is -2.41. The van der Waals surface area contributed by atoms with Crippen molar-refractivity contribution in [2.24, 2.45) is 5.73 Å². The molecule has 1 atom stereocenters. The molecule has 0 aliphatic heterocycles. The number of carbonyl (C=O) groups excluding carboxylic acids is 1. The largest absolute Gasteiger partial charge is 0.320 e. The molecule has 98 valence electrons. The predicted octanol–water partition coefficient (Wildman–Crippen LogP) is 2.02. The number of pyridine rings is 1. The van der Waals surface area contributed by atoms with Crippen molar-refractivity contribution in [2.45, 2.75) is 25.8 Å². The van der Waals surface area contributed by atoms with E-state index in [1.807, 2.05) is 13.0 Å². The van der Waals surface area contributed by atoms with Crippen LogP contribution in [0.25, 0.3) is 0 Å². The van der Waals surface area contributed by atoms with Crippen molar-refractivity contribution in [1.29, 1.82) is 0 Å². The molecule has 0 spiro atoms. The van der Waals surface area contributed by atoms with Crippen LogP contribution in [0.3, 0.4) is 0 Å². The van der Waals surface area contributed by atoms with E-state index in [9.17, 15) is 4.79 Å². The summed E-state index contributed by atoms with van der Waals surface area (Å²) in [4.78, 5) is 17.3. The number of hydrogen-bond donors (Lipinski definition) is 1. The molecule has 1 unspecified atom stereocenters. The second-order valence-electron chi connectivity index (χ2n) is 3.50. The minimum atomic E-state index is -0.416.